The van der Waals surface area contributed by atoms with Crippen LogP contribution < -0.4 is 10.1 Å². The summed E-state index contributed by atoms with van der Waals surface area (Å²) in [6.45, 7) is 5.85. The van der Waals surface area contributed by atoms with Gasteiger partial charge in [-0.15, -0.1) is 0 Å². The molecule has 1 atom stereocenters. The van der Waals surface area contributed by atoms with Crippen LogP contribution in [0.5, 0.6) is 5.75 Å². The summed E-state index contributed by atoms with van der Waals surface area (Å²) in [5.41, 5.74) is -0.0998. The van der Waals surface area contributed by atoms with Crippen molar-refractivity contribution in [1.82, 2.24) is 5.32 Å². The second kappa shape index (κ2) is 6.70. The minimum absolute atomic E-state index is 0.0425. The Morgan fingerprint density at radius 1 is 1.45 bits per heavy atom. The van der Waals surface area contributed by atoms with Crippen LogP contribution in [0.3, 0.4) is 0 Å². The van der Waals surface area contributed by atoms with Crippen molar-refractivity contribution in [3.63, 3.8) is 0 Å². The Morgan fingerprint density at radius 3 is 2.55 bits per heavy atom. The third kappa shape index (κ3) is 4.81. The number of halogens is 1. The number of hydrogen-bond acceptors (Lipinski definition) is 3. The normalized spacial score (nSPS) is 12.9. The predicted molar refractivity (Wildman–Crippen MR) is 75.4 cm³/mol. The highest BCUT2D eigenvalue weighted by molar-refractivity contribution is 5.94. The van der Waals surface area contributed by atoms with Gasteiger partial charge in [-0.3, -0.25) is 4.79 Å². The van der Waals surface area contributed by atoms with Gasteiger partial charge in [-0.05, 0) is 24.0 Å². The molecule has 0 spiro atoms. The Kier molecular flexibility index (Phi) is 5.51. The Balaban J connectivity index is 2.79. The van der Waals surface area contributed by atoms with Gasteiger partial charge in [0, 0.05) is 6.07 Å². The van der Waals surface area contributed by atoms with Gasteiger partial charge in [0.2, 0.25) is 0 Å². The SMILES string of the molecule is COc1ccc(C(=O)NC(CO)CC(C)(C)C)c(F)c1. The summed E-state index contributed by atoms with van der Waals surface area (Å²) in [7, 11) is 1.43. The molecule has 112 valence electrons. The number of nitrogens with one attached hydrogen (secondary N) is 1. The molecule has 1 unspecified atom stereocenters. The summed E-state index contributed by atoms with van der Waals surface area (Å²) in [6, 6.07) is 3.65. The van der Waals surface area contributed by atoms with Crippen LogP contribution in [0, 0.1) is 11.2 Å². The van der Waals surface area contributed by atoms with Crippen LogP contribution in [0.4, 0.5) is 4.39 Å². The lowest BCUT2D eigenvalue weighted by molar-refractivity contribution is 0.0893. The zero-order valence-electron chi connectivity index (χ0n) is 12.4. The second-order valence-corrected chi connectivity index (χ2v) is 5.96. The van der Waals surface area contributed by atoms with E-state index < -0.39 is 17.8 Å². The maximum atomic E-state index is 13.8. The van der Waals surface area contributed by atoms with Crippen molar-refractivity contribution in [2.24, 2.45) is 5.41 Å². The van der Waals surface area contributed by atoms with E-state index in [1.165, 1.54) is 19.2 Å². The molecule has 2 N–H and O–H groups in total. The van der Waals surface area contributed by atoms with E-state index in [-0.39, 0.29) is 17.6 Å². The lowest BCUT2D eigenvalue weighted by Gasteiger charge is -2.25. The zero-order chi connectivity index (χ0) is 15.3. The molecule has 1 aromatic carbocycles. The molecule has 0 aliphatic heterocycles. The van der Waals surface area contributed by atoms with Crippen molar-refractivity contribution in [2.75, 3.05) is 13.7 Å². The zero-order valence-corrected chi connectivity index (χ0v) is 12.4. The molecular formula is C15H22FNO3. The van der Waals surface area contributed by atoms with Gasteiger partial charge < -0.3 is 15.2 Å². The molecule has 0 bridgehead atoms. The number of carbonyl (C=O) groups is 1. The molecule has 0 radical (unpaired) electrons. The van der Waals surface area contributed by atoms with E-state index in [0.717, 1.165) is 6.07 Å². The number of aliphatic hydroxyl groups excluding tert-OH is 1. The fourth-order valence-corrected chi connectivity index (χ4v) is 1.97. The van der Waals surface area contributed by atoms with Crippen molar-refractivity contribution in [1.29, 1.82) is 0 Å². The van der Waals surface area contributed by atoms with E-state index in [0.29, 0.717) is 12.2 Å². The Hall–Kier alpha value is -1.62. The van der Waals surface area contributed by atoms with Crippen LogP contribution in [0.1, 0.15) is 37.6 Å². The smallest absolute Gasteiger partial charge is 0.254 e. The quantitative estimate of drug-likeness (QED) is 0.872. The number of rotatable bonds is 5. The summed E-state index contributed by atoms with van der Waals surface area (Å²) >= 11 is 0. The third-order valence-electron chi connectivity index (χ3n) is 2.84. The van der Waals surface area contributed by atoms with Crippen LogP contribution >= 0.6 is 0 Å². The highest BCUT2D eigenvalue weighted by atomic mass is 19.1. The van der Waals surface area contributed by atoms with Gasteiger partial charge in [0.1, 0.15) is 11.6 Å². The largest absolute Gasteiger partial charge is 0.497 e. The van der Waals surface area contributed by atoms with Crippen molar-refractivity contribution in [2.45, 2.75) is 33.2 Å². The first-order valence-corrected chi connectivity index (χ1v) is 6.52. The maximum absolute atomic E-state index is 13.8. The molecule has 0 aliphatic carbocycles. The van der Waals surface area contributed by atoms with Gasteiger partial charge in [-0.1, -0.05) is 20.8 Å². The first-order chi connectivity index (χ1) is 9.26. The number of carbonyl (C=O) groups excluding carboxylic acids is 1. The number of ether oxygens (including phenoxy) is 1. The number of hydrogen-bond donors (Lipinski definition) is 2. The summed E-state index contributed by atoms with van der Waals surface area (Å²) in [5, 5.41) is 12.0. The van der Waals surface area contributed by atoms with Gasteiger partial charge in [0.15, 0.2) is 0 Å². The number of benzene rings is 1. The van der Waals surface area contributed by atoms with E-state index >= 15 is 0 Å². The van der Waals surface area contributed by atoms with Gasteiger partial charge in [-0.25, -0.2) is 4.39 Å². The lowest BCUT2D eigenvalue weighted by Crippen LogP contribution is -2.40. The molecule has 0 aliphatic rings. The molecule has 0 saturated carbocycles. The fourth-order valence-electron chi connectivity index (χ4n) is 1.97. The standard InChI is InChI=1S/C15H22FNO3/c1-15(2,3)8-10(9-18)17-14(19)12-6-5-11(20-4)7-13(12)16/h5-7,10,18H,8-9H2,1-4H3,(H,17,19). The molecule has 0 aromatic heterocycles. The topological polar surface area (TPSA) is 58.6 Å². The molecule has 4 nitrogen and oxygen atoms in total. The molecule has 5 heteroatoms. The monoisotopic (exact) mass is 283 g/mol. The van der Waals surface area contributed by atoms with Crippen molar-refractivity contribution in [3.05, 3.63) is 29.6 Å². The number of amides is 1. The summed E-state index contributed by atoms with van der Waals surface area (Å²) in [5.74, 6) is -0.824. The average molecular weight is 283 g/mol. The van der Waals surface area contributed by atoms with Gasteiger partial charge in [-0.2, -0.15) is 0 Å². The fraction of sp³-hybridized carbons (Fsp3) is 0.533. The van der Waals surface area contributed by atoms with Gasteiger partial charge in [0.05, 0.1) is 25.3 Å². The third-order valence-corrected chi connectivity index (χ3v) is 2.84. The molecule has 1 rings (SSSR count). The van der Waals surface area contributed by atoms with Crippen molar-refractivity contribution < 1.29 is 19.0 Å². The predicted octanol–water partition coefficient (Wildman–Crippen LogP) is 2.36. The van der Waals surface area contributed by atoms with Crippen LogP contribution in [-0.4, -0.2) is 30.8 Å². The average Bonchev–Trinajstić information content (AvgIpc) is 2.35. The van der Waals surface area contributed by atoms with Gasteiger partial charge in [0.25, 0.3) is 5.91 Å². The minimum atomic E-state index is -0.644. The molecule has 1 amide bonds. The highest BCUT2D eigenvalue weighted by Crippen LogP contribution is 2.21. The molecule has 0 saturated heterocycles. The van der Waals surface area contributed by atoms with Crippen molar-refractivity contribution >= 4 is 5.91 Å². The maximum Gasteiger partial charge on any atom is 0.254 e. The lowest BCUT2D eigenvalue weighted by atomic mass is 9.88. The van der Waals surface area contributed by atoms with Crippen molar-refractivity contribution in [3.8, 4) is 5.75 Å². The van der Waals surface area contributed by atoms with Crippen LogP contribution in [-0.2, 0) is 0 Å². The molecule has 0 fully saturated rings. The van der Waals surface area contributed by atoms with Crippen LogP contribution in [0.25, 0.3) is 0 Å². The Labute approximate surface area is 119 Å². The van der Waals surface area contributed by atoms with E-state index in [1.54, 1.807) is 0 Å². The van der Waals surface area contributed by atoms with Gasteiger partial charge >= 0.3 is 0 Å². The van der Waals surface area contributed by atoms with Crippen LogP contribution in [0.2, 0.25) is 0 Å². The number of methoxy groups -OCH3 is 1. The summed E-state index contributed by atoms with van der Waals surface area (Å²) in [6.07, 6.45) is 0.604. The van der Waals surface area contributed by atoms with E-state index in [9.17, 15) is 14.3 Å². The molecule has 0 heterocycles. The second-order valence-electron chi connectivity index (χ2n) is 5.96. The Bertz CT molecular complexity index is 469. The summed E-state index contributed by atoms with van der Waals surface area (Å²) < 4.78 is 18.7. The molecule has 20 heavy (non-hydrogen) atoms. The minimum Gasteiger partial charge on any atom is -0.497 e. The summed E-state index contributed by atoms with van der Waals surface area (Å²) in [4.78, 5) is 12.0. The molecular weight excluding hydrogens is 261 g/mol. The highest BCUT2D eigenvalue weighted by Gasteiger charge is 2.21. The molecule has 1 aromatic rings. The van der Waals surface area contributed by atoms with E-state index in [2.05, 4.69) is 5.32 Å². The van der Waals surface area contributed by atoms with E-state index in [1.807, 2.05) is 20.8 Å². The van der Waals surface area contributed by atoms with Crippen LogP contribution in [0.15, 0.2) is 18.2 Å². The number of aliphatic hydroxyl groups is 1. The first kappa shape index (κ1) is 16.4. The van der Waals surface area contributed by atoms with E-state index in [4.69, 9.17) is 4.74 Å². The Morgan fingerprint density at radius 2 is 2.10 bits per heavy atom. The first-order valence-electron chi connectivity index (χ1n) is 6.52.